The third-order valence-electron chi connectivity index (χ3n) is 2.70. The van der Waals surface area contributed by atoms with E-state index in [1.165, 1.54) is 5.56 Å². The summed E-state index contributed by atoms with van der Waals surface area (Å²) in [5.74, 6) is 0.719. The highest BCUT2D eigenvalue weighted by Crippen LogP contribution is 2.28. The number of ether oxygens (including phenoxy) is 1. The van der Waals surface area contributed by atoms with Gasteiger partial charge in [0.1, 0.15) is 5.75 Å². The van der Waals surface area contributed by atoms with Crippen molar-refractivity contribution in [2.24, 2.45) is 0 Å². The molecule has 0 saturated heterocycles. The Morgan fingerprint density at radius 3 is 2.77 bits per heavy atom. The molecule has 0 radical (unpaired) electrons. The Bertz CT molecular complexity index is 550. The fraction of sp³-hybridized carbons (Fsp3) is 0.333. The van der Waals surface area contributed by atoms with Gasteiger partial charge in [0.25, 0.3) is 5.91 Å². The quantitative estimate of drug-likeness (QED) is 0.399. The largest absolute Gasteiger partial charge is 0.483 e. The van der Waals surface area contributed by atoms with E-state index >= 15 is 0 Å². The van der Waals surface area contributed by atoms with Gasteiger partial charge in [-0.3, -0.25) is 15.6 Å². The molecule has 5 nitrogen and oxygen atoms in total. The first kappa shape index (κ1) is 18.4. The van der Waals surface area contributed by atoms with Crippen LogP contribution in [0.15, 0.2) is 35.3 Å². The average Bonchev–Trinajstić information content (AvgIpc) is 2.49. The van der Waals surface area contributed by atoms with Crippen molar-refractivity contribution >= 4 is 39.2 Å². The molecule has 1 rings (SSSR count). The van der Waals surface area contributed by atoms with E-state index < -0.39 is 0 Å². The molecule has 0 aliphatic carbocycles. The Hall–Kier alpha value is -1.60. The lowest BCUT2D eigenvalue weighted by molar-refractivity contribution is -0.123. The smallest absolute Gasteiger partial charge is 0.276 e. The van der Waals surface area contributed by atoms with Gasteiger partial charge in [-0.1, -0.05) is 26.0 Å². The van der Waals surface area contributed by atoms with Crippen LogP contribution < -0.4 is 20.9 Å². The van der Waals surface area contributed by atoms with Crippen LogP contribution in [0.25, 0.3) is 0 Å². The second-order valence-electron chi connectivity index (χ2n) is 4.81. The Labute approximate surface area is 144 Å². The number of hydrazine groups is 1. The Morgan fingerprint density at radius 1 is 1.45 bits per heavy atom. The van der Waals surface area contributed by atoms with E-state index in [9.17, 15) is 4.79 Å². The van der Waals surface area contributed by atoms with Crippen LogP contribution in [0.4, 0.5) is 0 Å². The van der Waals surface area contributed by atoms with Crippen LogP contribution in [0.1, 0.15) is 25.3 Å². The highest BCUT2D eigenvalue weighted by Gasteiger charge is 2.08. The second-order valence-corrected chi connectivity index (χ2v) is 6.07. The summed E-state index contributed by atoms with van der Waals surface area (Å²) >= 11 is 8.39. The number of nitrogens with one attached hydrogen (secondary N) is 3. The van der Waals surface area contributed by atoms with Gasteiger partial charge in [0.2, 0.25) is 0 Å². The molecule has 0 atom stereocenters. The topological polar surface area (TPSA) is 62.4 Å². The zero-order chi connectivity index (χ0) is 16.5. The fourth-order valence-electron chi connectivity index (χ4n) is 1.51. The number of amides is 1. The first-order valence-corrected chi connectivity index (χ1v) is 8.00. The van der Waals surface area contributed by atoms with E-state index in [-0.39, 0.29) is 12.5 Å². The average molecular weight is 386 g/mol. The van der Waals surface area contributed by atoms with Crippen molar-refractivity contribution in [3.63, 3.8) is 0 Å². The van der Waals surface area contributed by atoms with Gasteiger partial charge >= 0.3 is 0 Å². The molecule has 1 amide bonds. The van der Waals surface area contributed by atoms with E-state index in [2.05, 4.69) is 52.5 Å². The predicted molar refractivity (Wildman–Crippen MR) is 95.8 cm³/mol. The number of benzene rings is 1. The standard InChI is InChI=1S/C15H20BrN3O2S/c1-4-7-17-15(22)19-18-14(20)9-21-13-6-5-11(10(2)3)8-12(13)16/h4-6,8,10H,1,7,9H2,2-3H3,(H,18,20)(H2,17,19,22). The van der Waals surface area contributed by atoms with Gasteiger partial charge in [0, 0.05) is 6.54 Å². The molecule has 7 heteroatoms. The molecule has 0 unspecified atom stereocenters. The molecule has 0 aliphatic heterocycles. The number of hydrogen-bond acceptors (Lipinski definition) is 3. The summed E-state index contributed by atoms with van der Waals surface area (Å²) in [6.07, 6.45) is 1.66. The van der Waals surface area contributed by atoms with Crippen molar-refractivity contribution in [3.8, 4) is 5.75 Å². The summed E-state index contributed by atoms with van der Waals surface area (Å²) in [5.41, 5.74) is 6.21. The number of carbonyl (C=O) groups excluding carboxylic acids is 1. The van der Waals surface area contributed by atoms with Crippen LogP contribution in [0.5, 0.6) is 5.75 Å². The van der Waals surface area contributed by atoms with E-state index in [1.807, 2.05) is 18.2 Å². The lowest BCUT2D eigenvalue weighted by atomic mass is 10.0. The Balaban J connectivity index is 2.41. The summed E-state index contributed by atoms with van der Waals surface area (Å²) in [5, 5.41) is 3.14. The van der Waals surface area contributed by atoms with Crippen molar-refractivity contribution in [1.82, 2.24) is 16.2 Å². The number of halogens is 1. The fourth-order valence-corrected chi connectivity index (χ4v) is 2.15. The van der Waals surface area contributed by atoms with Gasteiger partial charge in [-0.2, -0.15) is 0 Å². The van der Waals surface area contributed by atoms with Crippen molar-refractivity contribution in [1.29, 1.82) is 0 Å². The lowest BCUT2D eigenvalue weighted by Crippen LogP contribution is -2.48. The van der Waals surface area contributed by atoms with Crippen molar-refractivity contribution in [2.45, 2.75) is 19.8 Å². The number of thiocarbonyl (C=S) groups is 1. The highest BCUT2D eigenvalue weighted by atomic mass is 79.9. The van der Waals surface area contributed by atoms with Crippen molar-refractivity contribution < 1.29 is 9.53 Å². The zero-order valence-corrected chi connectivity index (χ0v) is 15.0. The summed E-state index contributed by atoms with van der Waals surface area (Å²) in [6, 6.07) is 5.82. The molecule has 0 aliphatic rings. The lowest BCUT2D eigenvalue weighted by Gasteiger charge is -2.13. The van der Waals surface area contributed by atoms with Crippen LogP contribution in [0, 0.1) is 0 Å². The van der Waals surface area contributed by atoms with Crippen LogP contribution >= 0.6 is 28.1 Å². The molecular formula is C15H20BrN3O2S. The van der Waals surface area contributed by atoms with Gasteiger partial charge in [-0.25, -0.2) is 0 Å². The van der Waals surface area contributed by atoms with Gasteiger partial charge in [-0.05, 0) is 51.8 Å². The van der Waals surface area contributed by atoms with Gasteiger partial charge in [-0.15, -0.1) is 6.58 Å². The molecule has 0 spiro atoms. The molecule has 0 aromatic heterocycles. The SMILES string of the molecule is C=CCNC(=S)NNC(=O)COc1ccc(C(C)C)cc1Br. The molecule has 0 bridgehead atoms. The molecular weight excluding hydrogens is 366 g/mol. The summed E-state index contributed by atoms with van der Waals surface area (Å²) in [7, 11) is 0. The van der Waals surface area contributed by atoms with E-state index in [0.717, 1.165) is 4.47 Å². The minimum atomic E-state index is -0.331. The Morgan fingerprint density at radius 2 is 2.18 bits per heavy atom. The van der Waals surface area contributed by atoms with Gasteiger partial charge in [0.15, 0.2) is 11.7 Å². The third-order valence-corrected chi connectivity index (χ3v) is 3.57. The highest BCUT2D eigenvalue weighted by molar-refractivity contribution is 9.10. The van der Waals surface area contributed by atoms with Crippen LogP contribution in [0.3, 0.4) is 0 Å². The molecule has 1 aromatic rings. The number of hydrogen-bond donors (Lipinski definition) is 3. The second kappa shape index (κ2) is 9.42. The molecule has 22 heavy (non-hydrogen) atoms. The number of rotatable bonds is 6. The first-order valence-electron chi connectivity index (χ1n) is 6.80. The van der Waals surface area contributed by atoms with Crippen molar-refractivity contribution in [3.05, 3.63) is 40.9 Å². The minimum absolute atomic E-state index is 0.114. The van der Waals surface area contributed by atoms with Gasteiger partial charge in [0.05, 0.1) is 4.47 Å². The monoisotopic (exact) mass is 385 g/mol. The molecule has 1 aromatic carbocycles. The number of carbonyl (C=O) groups is 1. The Kier molecular flexibility index (Phi) is 7.90. The maximum absolute atomic E-state index is 11.7. The zero-order valence-electron chi connectivity index (χ0n) is 12.6. The van der Waals surface area contributed by atoms with Gasteiger partial charge < -0.3 is 10.1 Å². The van der Waals surface area contributed by atoms with E-state index in [1.54, 1.807) is 6.08 Å². The molecule has 0 heterocycles. The summed E-state index contributed by atoms with van der Waals surface area (Å²) in [4.78, 5) is 11.7. The van der Waals surface area contributed by atoms with Crippen molar-refractivity contribution in [2.75, 3.05) is 13.2 Å². The minimum Gasteiger partial charge on any atom is -0.483 e. The summed E-state index contributed by atoms with van der Waals surface area (Å²) in [6.45, 7) is 8.19. The normalized spacial score (nSPS) is 10.0. The van der Waals surface area contributed by atoms with Crippen LogP contribution in [-0.2, 0) is 4.79 Å². The van der Waals surface area contributed by atoms with Crippen LogP contribution in [0.2, 0.25) is 0 Å². The van der Waals surface area contributed by atoms with Crippen LogP contribution in [-0.4, -0.2) is 24.2 Å². The molecule has 0 fully saturated rings. The third kappa shape index (κ3) is 6.44. The predicted octanol–water partition coefficient (Wildman–Crippen LogP) is 2.63. The molecule has 0 saturated carbocycles. The van der Waals surface area contributed by atoms with E-state index in [0.29, 0.717) is 23.3 Å². The summed E-state index contributed by atoms with van der Waals surface area (Å²) < 4.78 is 6.29. The van der Waals surface area contributed by atoms with E-state index in [4.69, 9.17) is 17.0 Å². The molecule has 120 valence electrons. The maximum Gasteiger partial charge on any atom is 0.276 e. The molecule has 3 N–H and O–H groups in total. The maximum atomic E-state index is 11.7. The first-order chi connectivity index (χ1) is 10.4.